The monoisotopic (exact) mass is 843 g/mol. The van der Waals surface area contributed by atoms with Crippen LogP contribution in [0.15, 0.2) is 96.7 Å². The average molecular weight is 844 g/mol. The zero-order valence-corrected chi connectivity index (χ0v) is 33.0. The number of hydrogen-bond donors (Lipinski definition) is 9. The number of nitriles is 1. The minimum Gasteiger partial charge on any atom is -0.508 e. The summed E-state index contributed by atoms with van der Waals surface area (Å²) < 4.78 is 10.3. The lowest BCUT2D eigenvalue weighted by Gasteiger charge is -2.17. The van der Waals surface area contributed by atoms with Gasteiger partial charge in [-0.3, -0.25) is 24.0 Å². The summed E-state index contributed by atoms with van der Waals surface area (Å²) in [6.45, 7) is 1.62. The van der Waals surface area contributed by atoms with Crippen molar-refractivity contribution in [1.29, 1.82) is 5.26 Å². The van der Waals surface area contributed by atoms with Gasteiger partial charge in [-0.1, -0.05) is 12.1 Å². The lowest BCUT2D eigenvalue weighted by atomic mass is 10.1. The van der Waals surface area contributed by atoms with E-state index in [1.807, 2.05) is 6.07 Å². The standard InChI is InChI=1S/C43H37N7O12/c1-22(20-23-4-11-27(51)12-5-23)38(54)46-25-8-6-24(7-9-25)39(55)50-33(18-19-44)42(58)47-26-10-15-32(45-21-26)41(57)49-31-16-13-28(34(52)36(31)61-2)40(56)48-30-17-14-29(43(59)60)35(53)37(30)62-3/h4-17,20-21,33,51-53H,18H2,1-3H3,(H,46,54)(H,47,58)(H,48,56)(H,49,57)(H,50,55)(H,59,60)/b22-20+/t33-/m0/s1. The van der Waals surface area contributed by atoms with Crippen LogP contribution in [0.1, 0.15) is 60.5 Å². The van der Waals surface area contributed by atoms with Crippen molar-refractivity contribution < 1.29 is 58.7 Å². The molecule has 19 heteroatoms. The molecular formula is C43H37N7O12. The van der Waals surface area contributed by atoms with E-state index in [0.29, 0.717) is 16.8 Å². The Morgan fingerprint density at radius 2 is 1.29 bits per heavy atom. The molecule has 4 aromatic carbocycles. The number of carbonyl (C=O) groups is 6. The van der Waals surface area contributed by atoms with E-state index in [2.05, 4.69) is 31.6 Å². The summed E-state index contributed by atoms with van der Waals surface area (Å²) in [5.74, 6) is -6.88. The molecule has 0 unspecified atom stereocenters. The molecule has 5 aromatic rings. The smallest absolute Gasteiger partial charge is 0.339 e. The highest BCUT2D eigenvalue weighted by molar-refractivity contribution is 6.10. The normalized spacial score (nSPS) is 11.2. The Bertz CT molecular complexity index is 2620. The number of aromatic hydroxyl groups is 3. The van der Waals surface area contributed by atoms with Crippen molar-refractivity contribution in [2.75, 3.05) is 35.5 Å². The number of rotatable bonds is 15. The number of phenols is 3. The number of aromatic carboxylic acids is 1. The highest BCUT2D eigenvalue weighted by atomic mass is 16.5. The minimum absolute atomic E-state index is 0.0598. The van der Waals surface area contributed by atoms with Gasteiger partial charge in [0.05, 0.1) is 55.5 Å². The number of phenolic OH excluding ortho intramolecular Hbond substituents is 2. The summed E-state index contributed by atoms with van der Waals surface area (Å²) in [7, 11) is 2.33. The van der Waals surface area contributed by atoms with E-state index in [1.165, 1.54) is 73.8 Å². The molecule has 0 bridgehead atoms. The van der Waals surface area contributed by atoms with Crippen molar-refractivity contribution in [3.8, 4) is 34.8 Å². The number of carbonyl (C=O) groups excluding carboxylic acids is 5. The maximum absolute atomic E-state index is 13.1. The summed E-state index contributed by atoms with van der Waals surface area (Å²) in [5, 5.41) is 61.9. The first-order valence-corrected chi connectivity index (χ1v) is 18.1. The van der Waals surface area contributed by atoms with E-state index in [4.69, 9.17) is 9.47 Å². The van der Waals surface area contributed by atoms with Crippen LogP contribution in [-0.2, 0) is 9.59 Å². The van der Waals surface area contributed by atoms with Gasteiger partial charge < -0.3 is 56.5 Å². The zero-order chi connectivity index (χ0) is 45.1. The highest BCUT2D eigenvalue weighted by Gasteiger charge is 2.25. The third-order valence-electron chi connectivity index (χ3n) is 8.86. The largest absolute Gasteiger partial charge is 0.508 e. The third-order valence-corrected chi connectivity index (χ3v) is 8.86. The Morgan fingerprint density at radius 1 is 0.710 bits per heavy atom. The Kier molecular flexibility index (Phi) is 14.0. The van der Waals surface area contributed by atoms with Gasteiger partial charge in [-0.2, -0.15) is 5.26 Å². The number of ether oxygens (including phenoxy) is 2. The van der Waals surface area contributed by atoms with Crippen molar-refractivity contribution in [1.82, 2.24) is 10.3 Å². The first-order chi connectivity index (χ1) is 29.6. The Balaban J connectivity index is 1.18. The van der Waals surface area contributed by atoms with Crippen LogP contribution in [0.3, 0.4) is 0 Å². The van der Waals surface area contributed by atoms with E-state index < -0.39 is 58.6 Å². The molecule has 1 atom stereocenters. The van der Waals surface area contributed by atoms with Crippen LogP contribution < -0.4 is 36.1 Å². The third kappa shape index (κ3) is 10.6. The van der Waals surface area contributed by atoms with Crippen LogP contribution in [0, 0.1) is 11.3 Å². The second-order valence-electron chi connectivity index (χ2n) is 13.1. The number of carboxylic acid groups (broad SMARTS) is 1. The number of aromatic nitrogens is 1. The molecule has 0 aliphatic rings. The summed E-state index contributed by atoms with van der Waals surface area (Å²) in [6, 6.07) is 20.0. The zero-order valence-electron chi connectivity index (χ0n) is 33.0. The van der Waals surface area contributed by atoms with Crippen LogP contribution in [0.25, 0.3) is 6.08 Å². The van der Waals surface area contributed by atoms with Gasteiger partial charge in [0, 0.05) is 16.8 Å². The molecule has 0 radical (unpaired) electrons. The number of anilines is 4. The number of hydrogen-bond acceptors (Lipinski definition) is 13. The molecule has 0 fully saturated rings. The average Bonchev–Trinajstić information content (AvgIpc) is 3.24. The predicted octanol–water partition coefficient (Wildman–Crippen LogP) is 5.11. The van der Waals surface area contributed by atoms with E-state index in [9.17, 15) is 54.5 Å². The van der Waals surface area contributed by atoms with Crippen LogP contribution in [0.5, 0.6) is 28.7 Å². The molecule has 0 aliphatic heterocycles. The number of benzene rings is 4. The Hall–Kier alpha value is -8.92. The van der Waals surface area contributed by atoms with Gasteiger partial charge in [0.25, 0.3) is 23.6 Å². The molecule has 9 N–H and O–H groups in total. The molecule has 0 saturated heterocycles. The molecular weight excluding hydrogens is 807 g/mol. The number of amides is 5. The van der Waals surface area contributed by atoms with E-state index >= 15 is 0 Å². The van der Waals surface area contributed by atoms with E-state index in [1.54, 1.807) is 25.1 Å². The number of nitrogens with one attached hydrogen (secondary N) is 5. The fourth-order valence-corrected chi connectivity index (χ4v) is 5.68. The van der Waals surface area contributed by atoms with Gasteiger partial charge in [-0.25, -0.2) is 9.78 Å². The maximum atomic E-state index is 13.1. The summed E-state index contributed by atoms with van der Waals surface area (Å²) >= 11 is 0. The predicted molar refractivity (Wildman–Crippen MR) is 223 cm³/mol. The summed E-state index contributed by atoms with van der Waals surface area (Å²) in [6.07, 6.45) is 2.41. The molecule has 0 saturated carbocycles. The van der Waals surface area contributed by atoms with Crippen LogP contribution in [0.4, 0.5) is 22.7 Å². The van der Waals surface area contributed by atoms with Gasteiger partial charge in [0.1, 0.15) is 23.0 Å². The van der Waals surface area contributed by atoms with Crippen molar-refractivity contribution in [2.24, 2.45) is 0 Å². The highest BCUT2D eigenvalue weighted by Crippen LogP contribution is 2.40. The Labute approximate surface area is 352 Å². The minimum atomic E-state index is -1.43. The second kappa shape index (κ2) is 19.7. The van der Waals surface area contributed by atoms with Crippen molar-refractivity contribution in [3.05, 3.63) is 125 Å². The first kappa shape index (κ1) is 44.2. The molecule has 5 rings (SSSR count). The van der Waals surface area contributed by atoms with Gasteiger partial charge >= 0.3 is 5.97 Å². The van der Waals surface area contributed by atoms with Crippen molar-refractivity contribution >= 4 is 64.3 Å². The summed E-state index contributed by atoms with van der Waals surface area (Å²) in [4.78, 5) is 80.5. The maximum Gasteiger partial charge on any atom is 0.339 e. The van der Waals surface area contributed by atoms with Crippen molar-refractivity contribution in [2.45, 2.75) is 19.4 Å². The van der Waals surface area contributed by atoms with Crippen LogP contribution in [0.2, 0.25) is 0 Å². The number of methoxy groups -OCH3 is 2. The fourth-order valence-electron chi connectivity index (χ4n) is 5.68. The molecule has 5 amide bonds. The quantitative estimate of drug-likeness (QED) is 0.0619. The fraction of sp³-hybridized carbons (Fsp3) is 0.116. The molecule has 1 aromatic heterocycles. The summed E-state index contributed by atoms with van der Waals surface area (Å²) in [5.41, 5.74) is 0.654. The Morgan fingerprint density at radius 3 is 1.85 bits per heavy atom. The molecule has 1 heterocycles. The van der Waals surface area contributed by atoms with Crippen LogP contribution >= 0.6 is 0 Å². The number of nitrogens with zero attached hydrogens (tertiary/aromatic N) is 2. The van der Waals surface area contributed by atoms with Gasteiger partial charge in [-0.05, 0) is 91.4 Å². The van der Waals surface area contributed by atoms with Gasteiger partial charge in [0.15, 0.2) is 23.0 Å². The lowest BCUT2D eigenvalue weighted by Crippen LogP contribution is -2.43. The van der Waals surface area contributed by atoms with E-state index in [0.717, 1.165) is 19.4 Å². The molecule has 0 aliphatic carbocycles. The van der Waals surface area contributed by atoms with Gasteiger partial charge in [0.2, 0.25) is 5.91 Å². The van der Waals surface area contributed by atoms with Gasteiger partial charge in [-0.15, -0.1) is 0 Å². The van der Waals surface area contributed by atoms with E-state index in [-0.39, 0.29) is 57.6 Å². The van der Waals surface area contributed by atoms with Crippen LogP contribution in [-0.4, -0.2) is 81.2 Å². The SMILES string of the molecule is COc1c(NC(=O)c2ccc(NC(=O)c3ccc(NC(=O)[C@H](CC#N)NC(=O)c4ccc(NC(=O)/C(C)=C/c5ccc(O)cc5)cc4)cn3)c(OC)c2O)ccc(C(=O)O)c1O. The second-order valence-corrected chi connectivity index (χ2v) is 13.1. The first-order valence-electron chi connectivity index (χ1n) is 18.1. The number of carboxylic acids is 1. The molecule has 19 nitrogen and oxygen atoms in total. The molecule has 316 valence electrons. The topological polar surface area (TPSA) is 299 Å². The number of pyridine rings is 1. The molecule has 62 heavy (non-hydrogen) atoms. The van der Waals surface area contributed by atoms with Crippen molar-refractivity contribution in [3.63, 3.8) is 0 Å². The lowest BCUT2D eigenvalue weighted by molar-refractivity contribution is -0.118. The molecule has 0 spiro atoms.